The molecule has 0 spiro atoms. The molecule has 27 heavy (non-hydrogen) atoms. The third-order valence-corrected chi connectivity index (χ3v) is 5.57. The summed E-state index contributed by atoms with van der Waals surface area (Å²) in [5.74, 6) is -0.242. The van der Waals surface area contributed by atoms with Crippen LogP contribution in [0.3, 0.4) is 0 Å². The summed E-state index contributed by atoms with van der Waals surface area (Å²) < 4.78 is 0. The molecule has 1 aromatic heterocycles. The SMILES string of the molecule is O=C(Nc1nc(CC(=O)N2CCc3c(Cl)cccc32)cs1)c1ccccc1. The van der Waals surface area contributed by atoms with E-state index in [1.165, 1.54) is 11.3 Å². The Bertz CT molecular complexity index is 1000. The van der Waals surface area contributed by atoms with Gasteiger partial charge in [0.2, 0.25) is 5.91 Å². The van der Waals surface area contributed by atoms with Crippen LogP contribution in [0.2, 0.25) is 5.02 Å². The zero-order chi connectivity index (χ0) is 18.8. The molecule has 2 aromatic carbocycles. The molecule has 0 atom stereocenters. The number of carbonyl (C=O) groups is 2. The van der Waals surface area contributed by atoms with Crippen LogP contribution >= 0.6 is 22.9 Å². The Morgan fingerprint density at radius 1 is 1.15 bits per heavy atom. The number of carbonyl (C=O) groups excluding carboxylic acids is 2. The number of anilines is 2. The number of thiazole rings is 1. The molecular formula is C20H16ClN3O2S. The maximum Gasteiger partial charge on any atom is 0.257 e. The van der Waals surface area contributed by atoms with Gasteiger partial charge in [0.05, 0.1) is 12.1 Å². The van der Waals surface area contributed by atoms with Gasteiger partial charge >= 0.3 is 0 Å². The summed E-state index contributed by atoms with van der Waals surface area (Å²) >= 11 is 7.52. The number of halogens is 1. The average Bonchev–Trinajstić information content (AvgIpc) is 3.30. The van der Waals surface area contributed by atoms with Crippen LogP contribution < -0.4 is 10.2 Å². The standard InChI is InChI=1S/C20H16ClN3O2S/c21-16-7-4-8-17-15(16)9-10-24(17)18(25)11-14-12-27-20(22-14)23-19(26)13-5-2-1-3-6-13/h1-8,12H,9-11H2,(H,22,23,26). The predicted molar refractivity (Wildman–Crippen MR) is 108 cm³/mol. The third-order valence-electron chi connectivity index (χ3n) is 4.41. The molecule has 0 aliphatic carbocycles. The minimum atomic E-state index is -0.217. The first-order chi connectivity index (χ1) is 13.1. The largest absolute Gasteiger partial charge is 0.311 e. The van der Waals surface area contributed by atoms with Crippen molar-refractivity contribution in [2.75, 3.05) is 16.8 Å². The molecule has 2 heterocycles. The van der Waals surface area contributed by atoms with Crippen molar-refractivity contribution in [3.63, 3.8) is 0 Å². The van der Waals surface area contributed by atoms with Gasteiger partial charge in [-0.25, -0.2) is 4.98 Å². The van der Waals surface area contributed by atoms with E-state index in [2.05, 4.69) is 10.3 Å². The third kappa shape index (κ3) is 3.72. The Morgan fingerprint density at radius 2 is 1.96 bits per heavy atom. The number of nitrogens with one attached hydrogen (secondary N) is 1. The molecule has 136 valence electrons. The van der Waals surface area contributed by atoms with Crippen molar-refractivity contribution in [1.82, 2.24) is 4.98 Å². The predicted octanol–water partition coefficient (Wildman–Crippen LogP) is 4.18. The zero-order valence-electron chi connectivity index (χ0n) is 14.3. The summed E-state index contributed by atoms with van der Waals surface area (Å²) in [5.41, 5.74) is 3.10. The molecule has 0 radical (unpaired) electrons. The van der Waals surface area contributed by atoms with Crippen molar-refractivity contribution in [1.29, 1.82) is 0 Å². The molecule has 0 saturated heterocycles. The maximum absolute atomic E-state index is 12.7. The lowest BCUT2D eigenvalue weighted by Crippen LogP contribution is -2.30. The molecule has 3 aromatic rings. The van der Waals surface area contributed by atoms with E-state index < -0.39 is 0 Å². The molecule has 4 rings (SSSR count). The molecular weight excluding hydrogens is 382 g/mol. The van der Waals surface area contributed by atoms with Crippen molar-refractivity contribution in [2.45, 2.75) is 12.8 Å². The van der Waals surface area contributed by atoms with E-state index in [1.54, 1.807) is 34.5 Å². The van der Waals surface area contributed by atoms with Crippen LogP contribution in [0.4, 0.5) is 10.8 Å². The molecule has 0 unspecified atom stereocenters. The van der Waals surface area contributed by atoms with Crippen molar-refractivity contribution >= 4 is 45.6 Å². The summed E-state index contributed by atoms with van der Waals surface area (Å²) in [7, 11) is 0. The Balaban J connectivity index is 1.42. The summed E-state index contributed by atoms with van der Waals surface area (Å²) in [6.45, 7) is 0.625. The van der Waals surface area contributed by atoms with Crippen LogP contribution in [-0.2, 0) is 17.6 Å². The second kappa shape index (κ2) is 7.50. The molecule has 5 nitrogen and oxygen atoms in total. The van der Waals surface area contributed by atoms with Crippen LogP contribution in [0.15, 0.2) is 53.9 Å². The fourth-order valence-corrected chi connectivity index (χ4v) is 4.07. The van der Waals surface area contributed by atoms with Gasteiger partial charge in [0, 0.05) is 28.2 Å². The van der Waals surface area contributed by atoms with Gasteiger partial charge in [0.1, 0.15) is 0 Å². The summed E-state index contributed by atoms with van der Waals surface area (Å²) in [5, 5.41) is 5.75. The van der Waals surface area contributed by atoms with Crippen LogP contribution in [0.1, 0.15) is 21.6 Å². The smallest absolute Gasteiger partial charge is 0.257 e. The minimum absolute atomic E-state index is 0.0257. The van der Waals surface area contributed by atoms with Crippen molar-refractivity contribution in [3.8, 4) is 0 Å². The molecule has 1 N–H and O–H groups in total. The molecule has 2 amide bonds. The van der Waals surface area contributed by atoms with Gasteiger partial charge in [-0.05, 0) is 36.2 Å². The van der Waals surface area contributed by atoms with Crippen molar-refractivity contribution in [3.05, 3.63) is 75.8 Å². The van der Waals surface area contributed by atoms with E-state index in [0.717, 1.165) is 17.7 Å². The van der Waals surface area contributed by atoms with Crippen LogP contribution in [-0.4, -0.2) is 23.3 Å². The highest BCUT2D eigenvalue weighted by molar-refractivity contribution is 7.14. The highest BCUT2D eigenvalue weighted by Gasteiger charge is 2.26. The van der Waals surface area contributed by atoms with Gasteiger partial charge in [-0.1, -0.05) is 35.9 Å². The molecule has 7 heteroatoms. The second-order valence-electron chi connectivity index (χ2n) is 6.17. The second-order valence-corrected chi connectivity index (χ2v) is 7.44. The lowest BCUT2D eigenvalue weighted by molar-refractivity contribution is -0.117. The van der Waals surface area contributed by atoms with E-state index >= 15 is 0 Å². The lowest BCUT2D eigenvalue weighted by atomic mass is 10.2. The van der Waals surface area contributed by atoms with Gasteiger partial charge in [0.25, 0.3) is 5.91 Å². The monoisotopic (exact) mass is 397 g/mol. The van der Waals surface area contributed by atoms with Gasteiger partial charge in [-0.2, -0.15) is 0 Å². The molecule has 1 aliphatic heterocycles. The molecule has 0 fully saturated rings. The topological polar surface area (TPSA) is 62.3 Å². The van der Waals surface area contributed by atoms with E-state index in [0.29, 0.717) is 28.0 Å². The van der Waals surface area contributed by atoms with Gasteiger partial charge in [-0.3, -0.25) is 14.9 Å². The Hall–Kier alpha value is -2.70. The lowest BCUT2D eigenvalue weighted by Gasteiger charge is -2.16. The number of aromatic nitrogens is 1. The van der Waals surface area contributed by atoms with Gasteiger partial charge in [-0.15, -0.1) is 11.3 Å². The summed E-state index contributed by atoms with van der Waals surface area (Å²) in [6.07, 6.45) is 0.944. The number of hydrogen-bond acceptors (Lipinski definition) is 4. The van der Waals surface area contributed by atoms with E-state index in [-0.39, 0.29) is 18.2 Å². The zero-order valence-corrected chi connectivity index (χ0v) is 15.9. The van der Waals surface area contributed by atoms with Crippen molar-refractivity contribution in [2.24, 2.45) is 0 Å². The Kier molecular flexibility index (Phi) is 4.92. The maximum atomic E-state index is 12.7. The fraction of sp³-hybridized carbons (Fsp3) is 0.150. The van der Waals surface area contributed by atoms with Crippen molar-refractivity contribution < 1.29 is 9.59 Å². The summed E-state index contributed by atoms with van der Waals surface area (Å²) in [6, 6.07) is 14.6. The number of amides is 2. The quantitative estimate of drug-likeness (QED) is 0.718. The Labute approximate surface area is 165 Å². The number of hydrogen-bond donors (Lipinski definition) is 1. The molecule has 1 aliphatic rings. The van der Waals surface area contributed by atoms with Gasteiger partial charge < -0.3 is 4.90 Å². The minimum Gasteiger partial charge on any atom is -0.311 e. The van der Waals surface area contributed by atoms with Crippen LogP contribution in [0, 0.1) is 0 Å². The normalized spacial score (nSPS) is 12.7. The number of nitrogens with zero attached hydrogens (tertiary/aromatic N) is 2. The fourth-order valence-electron chi connectivity index (χ4n) is 3.11. The van der Waals surface area contributed by atoms with Crippen LogP contribution in [0.25, 0.3) is 0 Å². The van der Waals surface area contributed by atoms with E-state index in [9.17, 15) is 9.59 Å². The molecule has 0 bridgehead atoms. The summed E-state index contributed by atoms with van der Waals surface area (Å²) in [4.78, 5) is 31.0. The first-order valence-corrected chi connectivity index (χ1v) is 9.76. The Morgan fingerprint density at radius 3 is 2.78 bits per heavy atom. The number of rotatable bonds is 4. The first-order valence-electron chi connectivity index (χ1n) is 8.50. The first kappa shape index (κ1) is 17.7. The average molecular weight is 398 g/mol. The number of fused-ring (bicyclic) bond motifs is 1. The molecule has 0 saturated carbocycles. The van der Waals surface area contributed by atoms with Gasteiger partial charge in [0.15, 0.2) is 5.13 Å². The van der Waals surface area contributed by atoms with E-state index in [1.807, 2.05) is 24.3 Å². The highest BCUT2D eigenvalue weighted by Crippen LogP contribution is 2.33. The highest BCUT2D eigenvalue weighted by atomic mass is 35.5. The van der Waals surface area contributed by atoms with E-state index in [4.69, 9.17) is 11.6 Å². The van der Waals surface area contributed by atoms with Crippen LogP contribution in [0.5, 0.6) is 0 Å². The number of benzene rings is 2.